The van der Waals surface area contributed by atoms with Crippen LogP contribution in [0.15, 0.2) is 41.9 Å². The first-order valence-corrected chi connectivity index (χ1v) is 7.63. The fourth-order valence-electron chi connectivity index (χ4n) is 3.53. The standard InChI is InChI=1S/C17H17FN4O/c1-17(2)7-12-14(13(23)8-17)15(10-5-3-4-6-11(10)18)22-16(21-12)19-9-20-22/h3-6,9,15H,7-8H2,1-2H3,(H,19,20,21)/t15-/m1/s1. The molecule has 0 amide bonds. The Morgan fingerprint density at radius 2 is 2.09 bits per heavy atom. The van der Waals surface area contributed by atoms with Crippen LogP contribution in [0.25, 0.3) is 0 Å². The van der Waals surface area contributed by atoms with Crippen molar-refractivity contribution >= 4 is 11.7 Å². The molecule has 0 unspecified atom stereocenters. The van der Waals surface area contributed by atoms with Crippen molar-refractivity contribution in [2.24, 2.45) is 5.41 Å². The van der Waals surface area contributed by atoms with Crippen LogP contribution in [0.1, 0.15) is 38.3 Å². The molecule has 0 spiro atoms. The summed E-state index contributed by atoms with van der Waals surface area (Å²) in [6.07, 6.45) is 2.60. The SMILES string of the molecule is CC1(C)CC(=O)C2=C(C1)Nc1ncnn1[C@@H]2c1ccccc1F. The molecular weight excluding hydrogens is 295 g/mol. The first-order chi connectivity index (χ1) is 11.0. The number of hydrogen-bond donors (Lipinski definition) is 1. The largest absolute Gasteiger partial charge is 0.328 e. The normalized spacial score (nSPS) is 22.4. The lowest BCUT2D eigenvalue weighted by Gasteiger charge is -2.38. The van der Waals surface area contributed by atoms with E-state index in [1.54, 1.807) is 22.9 Å². The number of fused-ring (bicyclic) bond motifs is 1. The molecule has 0 saturated heterocycles. The number of rotatable bonds is 1. The number of Topliss-reactive ketones (excluding diaryl/α,β-unsaturated/α-hetero) is 1. The van der Waals surface area contributed by atoms with Crippen molar-refractivity contribution in [1.82, 2.24) is 14.8 Å². The van der Waals surface area contributed by atoms with Gasteiger partial charge in [-0.2, -0.15) is 10.1 Å². The molecule has 0 radical (unpaired) electrons. The second kappa shape index (κ2) is 4.75. The topological polar surface area (TPSA) is 59.8 Å². The molecule has 1 atom stereocenters. The molecule has 1 aromatic heterocycles. The second-order valence-electron chi connectivity index (χ2n) is 6.91. The van der Waals surface area contributed by atoms with Crippen LogP contribution in [0.3, 0.4) is 0 Å². The zero-order chi connectivity index (χ0) is 16.2. The highest BCUT2D eigenvalue weighted by molar-refractivity contribution is 6.00. The molecule has 2 heterocycles. The maximum absolute atomic E-state index is 14.4. The summed E-state index contributed by atoms with van der Waals surface area (Å²) in [7, 11) is 0. The molecule has 4 rings (SSSR count). The Kier molecular flexibility index (Phi) is 2.91. The third-order valence-electron chi connectivity index (χ3n) is 4.47. The minimum atomic E-state index is -0.562. The number of ketones is 1. The zero-order valence-electron chi connectivity index (χ0n) is 13.0. The summed E-state index contributed by atoms with van der Waals surface area (Å²) >= 11 is 0. The molecule has 0 bridgehead atoms. The van der Waals surface area contributed by atoms with Crippen molar-refractivity contribution in [2.75, 3.05) is 5.32 Å². The van der Waals surface area contributed by atoms with E-state index in [0.717, 1.165) is 12.1 Å². The Morgan fingerprint density at radius 1 is 1.30 bits per heavy atom. The highest BCUT2D eigenvalue weighted by atomic mass is 19.1. The summed E-state index contributed by atoms with van der Waals surface area (Å²) < 4.78 is 16.0. The molecule has 1 aliphatic carbocycles. The first-order valence-electron chi connectivity index (χ1n) is 7.63. The van der Waals surface area contributed by atoms with Crippen LogP contribution in [0.2, 0.25) is 0 Å². The van der Waals surface area contributed by atoms with E-state index in [1.165, 1.54) is 12.4 Å². The number of anilines is 1. The van der Waals surface area contributed by atoms with E-state index in [0.29, 0.717) is 23.5 Å². The highest BCUT2D eigenvalue weighted by Crippen LogP contribution is 2.45. The van der Waals surface area contributed by atoms with E-state index < -0.39 is 6.04 Å². The third-order valence-corrected chi connectivity index (χ3v) is 4.47. The molecular formula is C17H17FN4O. The molecule has 5 nitrogen and oxygen atoms in total. The summed E-state index contributed by atoms with van der Waals surface area (Å²) in [6, 6.07) is 5.96. The van der Waals surface area contributed by atoms with Gasteiger partial charge in [0.1, 0.15) is 18.2 Å². The molecule has 2 aliphatic rings. The van der Waals surface area contributed by atoms with E-state index in [2.05, 4.69) is 29.2 Å². The molecule has 23 heavy (non-hydrogen) atoms. The number of aromatic nitrogens is 3. The lowest BCUT2D eigenvalue weighted by Crippen LogP contribution is -2.36. The average molecular weight is 312 g/mol. The Morgan fingerprint density at radius 3 is 2.87 bits per heavy atom. The Hall–Kier alpha value is -2.50. The van der Waals surface area contributed by atoms with Crippen molar-refractivity contribution in [3.63, 3.8) is 0 Å². The van der Waals surface area contributed by atoms with Gasteiger partial charge in [0.05, 0.1) is 0 Å². The van der Waals surface area contributed by atoms with Crippen molar-refractivity contribution in [3.8, 4) is 0 Å². The van der Waals surface area contributed by atoms with E-state index in [-0.39, 0.29) is 17.0 Å². The van der Waals surface area contributed by atoms with E-state index in [4.69, 9.17) is 0 Å². The van der Waals surface area contributed by atoms with E-state index >= 15 is 0 Å². The lowest BCUT2D eigenvalue weighted by atomic mass is 9.73. The third kappa shape index (κ3) is 2.17. The van der Waals surface area contributed by atoms with Gasteiger partial charge >= 0.3 is 0 Å². The monoisotopic (exact) mass is 312 g/mol. The minimum absolute atomic E-state index is 0.0400. The van der Waals surface area contributed by atoms with Crippen LogP contribution in [0, 0.1) is 11.2 Å². The van der Waals surface area contributed by atoms with Crippen molar-refractivity contribution in [2.45, 2.75) is 32.7 Å². The zero-order valence-corrected chi connectivity index (χ0v) is 13.0. The highest BCUT2D eigenvalue weighted by Gasteiger charge is 2.42. The Bertz CT molecular complexity index is 837. The number of carbonyl (C=O) groups is 1. The predicted octanol–water partition coefficient (Wildman–Crippen LogP) is 3.08. The Balaban J connectivity index is 1.94. The maximum atomic E-state index is 14.4. The summed E-state index contributed by atoms with van der Waals surface area (Å²) in [5, 5.41) is 7.42. The van der Waals surface area contributed by atoms with Gasteiger partial charge in [0.15, 0.2) is 5.78 Å². The van der Waals surface area contributed by atoms with Crippen LogP contribution in [0.4, 0.5) is 10.3 Å². The number of nitrogens with one attached hydrogen (secondary N) is 1. The van der Waals surface area contributed by atoms with Gasteiger partial charge in [-0.3, -0.25) is 4.79 Å². The van der Waals surface area contributed by atoms with Crippen LogP contribution in [-0.4, -0.2) is 20.5 Å². The van der Waals surface area contributed by atoms with Gasteiger partial charge in [0, 0.05) is 23.3 Å². The molecule has 118 valence electrons. The van der Waals surface area contributed by atoms with Crippen LogP contribution >= 0.6 is 0 Å². The van der Waals surface area contributed by atoms with Crippen LogP contribution in [0.5, 0.6) is 0 Å². The number of carbonyl (C=O) groups excluding carboxylic acids is 1. The number of allylic oxidation sites excluding steroid dienone is 2. The fraction of sp³-hybridized carbons (Fsp3) is 0.353. The summed E-state index contributed by atoms with van der Waals surface area (Å²) in [6.45, 7) is 4.13. The van der Waals surface area contributed by atoms with E-state index in [1.807, 2.05) is 0 Å². The van der Waals surface area contributed by atoms with Gasteiger partial charge in [0.25, 0.3) is 0 Å². The minimum Gasteiger partial charge on any atom is -0.328 e. The lowest BCUT2D eigenvalue weighted by molar-refractivity contribution is -0.118. The number of nitrogens with zero attached hydrogens (tertiary/aromatic N) is 3. The summed E-state index contributed by atoms with van der Waals surface area (Å²) in [5.74, 6) is 0.242. The Labute approximate surface area is 133 Å². The quantitative estimate of drug-likeness (QED) is 0.879. The molecule has 2 aromatic rings. The van der Waals surface area contributed by atoms with Crippen molar-refractivity contribution < 1.29 is 9.18 Å². The van der Waals surface area contributed by atoms with Gasteiger partial charge in [-0.15, -0.1) is 0 Å². The molecule has 0 fully saturated rings. The van der Waals surface area contributed by atoms with Gasteiger partial charge in [-0.25, -0.2) is 9.07 Å². The number of halogens is 1. The first kappa shape index (κ1) is 14.1. The van der Waals surface area contributed by atoms with Gasteiger partial charge in [0.2, 0.25) is 5.95 Å². The van der Waals surface area contributed by atoms with Crippen molar-refractivity contribution in [1.29, 1.82) is 0 Å². The number of benzene rings is 1. The molecule has 1 aliphatic heterocycles. The maximum Gasteiger partial charge on any atom is 0.226 e. The van der Waals surface area contributed by atoms with Gasteiger partial charge in [-0.1, -0.05) is 32.0 Å². The fourth-order valence-corrected chi connectivity index (χ4v) is 3.53. The number of hydrogen-bond acceptors (Lipinski definition) is 4. The van der Waals surface area contributed by atoms with Gasteiger partial charge in [-0.05, 0) is 17.9 Å². The summed E-state index contributed by atoms with van der Waals surface area (Å²) in [5.41, 5.74) is 1.76. The second-order valence-corrected chi connectivity index (χ2v) is 6.91. The van der Waals surface area contributed by atoms with Crippen LogP contribution < -0.4 is 5.32 Å². The van der Waals surface area contributed by atoms with Crippen molar-refractivity contribution in [3.05, 3.63) is 53.2 Å². The van der Waals surface area contributed by atoms with Crippen LogP contribution in [-0.2, 0) is 4.79 Å². The smallest absolute Gasteiger partial charge is 0.226 e. The predicted molar refractivity (Wildman–Crippen MR) is 83.2 cm³/mol. The molecule has 1 aromatic carbocycles. The summed E-state index contributed by atoms with van der Waals surface area (Å²) in [4.78, 5) is 17.0. The average Bonchev–Trinajstić information content (AvgIpc) is 2.92. The molecule has 6 heteroatoms. The van der Waals surface area contributed by atoms with Gasteiger partial charge < -0.3 is 5.32 Å². The molecule has 0 saturated carbocycles. The van der Waals surface area contributed by atoms with E-state index in [9.17, 15) is 9.18 Å². The molecule has 1 N–H and O–H groups in total.